The van der Waals surface area contributed by atoms with Gasteiger partial charge in [-0.25, -0.2) is 0 Å². The van der Waals surface area contributed by atoms with Gasteiger partial charge >= 0.3 is 0 Å². The Morgan fingerprint density at radius 3 is 2.64 bits per heavy atom. The summed E-state index contributed by atoms with van der Waals surface area (Å²) in [7, 11) is 2.20. The van der Waals surface area contributed by atoms with Gasteiger partial charge in [-0.2, -0.15) is 0 Å². The molecule has 1 aromatic rings. The molecule has 0 heterocycles. The summed E-state index contributed by atoms with van der Waals surface area (Å²) in [5.74, 6) is 1.93. The van der Waals surface area contributed by atoms with Crippen molar-refractivity contribution in [2.75, 3.05) is 32.3 Å². The molecule has 1 N–H and O–H groups in total. The Morgan fingerprint density at radius 1 is 1.36 bits per heavy atom. The second kappa shape index (κ2) is 9.25. The quantitative estimate of drug-likeness (QED) is 0.705. The zero-order valence-electron chi connectivity index (χ0n) is 13.3. The zero-order chi connectivity index (χ0) is 16.5. The predicted octanol–water partition coefficient (Wildman–Crippen LogP) is 1.93. The molecule has 0 saturated carbocycles. The van der Waals surface area contributed by atoms with E-state index in [1.807, 2.05) is 6.92 Å². The Bertz CT molecular complexity index is 557. The van der Waals surface area contributed by atoms with Crippen molar-refractivity contribution in [2.45, 2.75) is 13.3 Å². The predicted molar refractivity (Wildman–Crippen MR) is 89.3 cm³/mol. The molecule has 0 aliphatic heterocycles. The van der Waals surface area contributed by atoms with Gasteiger partial charge in [-0.05, 0) is 18.6 Å². The lowest BCUT2D eigenvalue weighted by molar-refractivity contribution is 0.0955. The maximum Gasteiger partial charge on any atom is 0.251 e. The highest BCUT2D eigenvalue weighted by Crippen LogP contribution is 2.33. The van der Waals surface area contributed by atoms with Crippen molar-refractivity contribution < 1.29 is 18.5 Å². The molecule has 22 heavy (non-hydrogen) atoms. The fraction of sp³-hybridized carbons (Fsp3) is 0.438. The Labute approximate surface area is 134 Å². The Hall–Kier alpha value is -1.82. The summed E-state index contributed by atoms with van der Waals surface area (Å²) in [6.07, 6.45) is 2.31. The van der Waals surface area contributed by atoms with Crippen molar-refractivity contribution in [1.29, 1.82) is 0 Å². The molecule has 5 nitrogen and oxygen atoms in total. The first-order chi connectivity index (χ1) is 10.6. The van der Waals surface area contributed by atoms with Crippen LogP contribution in [0.1, 0.15) is 22.8 Å². The van der Waals surface area contributed by atoms with E-state index < -0.39 is 10.8 Å². The normalized spacial score (nSPS) is 11.6. The average molecular weight is 325 g/mol. The summed E-state index contributed by atoms with van der Waals surface area (Å²) in [6.45, 7) is 5.94. The van der Waals surface area contributed by atoms with Crippen molar-refractivity contribution in [3.63, 3.8) is 0 Å². The summed E-state index contributed by atoms with van der Waals surface area (Å²) >= 11 is 0. The highest BCUT2D eigenvalue weighted by Gasteiger charge is 2.15. The number of benzene rings is 1. The third kappa shape index (κ3) is 4.87. The van der Waals surface area contributed by atoms with Crippen molar-refractivity contribution in [3.8, 4) is 11.5 Å². The first-order valence-corrected chi connectivity index (χ1v) is 8.55. The molecule has 1 amide bonds. The first kappa shape index (κ1) is 18.2. The third-order valence-electron chi connectivity index (χ3n) is 3.12. The molecule has 0 saturated heterocycles. The molecule has 122 valence electrons. The summed E-state index contributed by atoms with van der Waals surface area (Å²) in [4.78, 5) is 12.2. The van der Waals surface area contributed by atoms with E-state index in [0.717, 1.165) is 5.56 Å². The summed E-state index contributed by atoms with van der Waals surface area (Å²) in [5.41, 5.74) is 1.32. The van der Waals surface area contributed by atoms with Crippen molar-refractivity contribution in [3.05, 3.63) is 35.9 Å². The van der Waals surface area contributed by atoms with Crippen LogP contribution in [0.25, 0.3) is 0 Å². The van der Waals surface area contributed by atoms with Gasteiger partial charge in [-0.3, -0.25) is 9.00 Å². The summed E-state index contributed by atoms with van der Waals surface area (Å²) < 4.78 is 22.0. The molecule has 1 aromatic carbocycles. The molecule has 1 rings (SSSR count). The van der Waals surface area contributed by atoms with Crippen LogP contribution < -0.4 is 14.8 Å². The Kier molecular flexibility index (Phi) is 7.66. The Balaban J connectivity index is 2.93. The molecule has 0 spiro atoms. The van der Waals surface area contributed by atoms with Crippen LogP contribution in [-0.4, -0.2) is 42.4 Å². The SMILES string of the molecule is C=CCc1cc(C(=O)NCCS(=O)CC)cc(OC)c1OC. The van der Waals surface area contributed by atoms with Gasteiger partial charge < -0.3 is 14.8 Å². The minimum absolute atomic E-state index is 0.223. The van der Waals surface area contributed by atoms with Crippen molar-refractivity contribution in [1.82, 2.24) is 5.32 Å². The first-order valence-electron chi connectivity index (χ1n) is 7.06. The highest BCUT2D eigenvalue weighted by atomic mass is 32.2. The molecule has 0 bridgehead atoms. The highest BCUT2D eigenvalue weighted by molar-refractivity contribution is 7.84. The lowest BCUT2D eigenvalue weighted by Crippen LogP contribution is -2.28. The lowest BCUT2D eigenvalue weighted by atomic mass is 10.0. The van der Waals surface area contributed by atoms with E-state index in [1.165, 1.54) is 7.11 Å². The van der Waals surface area contributed by atoms with E-state index >= 15 is 0 Å². The third-order valence-corrected chi connectivity index (χ3v) is 4.42. The molecular weight excluding hydrogens is 302 g/mol. The van der Waals surface area contributed by atoms with Crippen LogP contribution in [0.4, 0.5) is 0 Å². The van der Waals surface area contributed by atoms with Gasteiger partial charge in [0.1, 0.15) is 0 Å². The van der Waals surface area contributed by atoms with Crippen LogP contribution in [-0.2, 0) is 17.2 Å². The monoisotopic (exact) mass is 325 g/mol. The maximum absolute atomic E-state index is 12.2. The number of rotatable bonds is 9. The van der Waals surface area contributed by atoms with Gasteiger partial charge in [0.15, 0.2) is 11.5 Å². The minimum Gasteiger partial charge on any atom is -0.493 e. The van der Waals surface area contributed by atoms with Crippen LogP contribution in [0.2, 0.25) is 0 Å². The van der Waals surface area contributed by atoms with E-state index in [1.54, 1.807) is 25.3 Å². The standard InChI is InChI=1S/C16H23NO4S/c1-5-7-12-10-13(11-14(20-3)15(12)21-4)16(18)17-8-9-22(19)6-2/h5,10-11H,1,6-9H2,2-4H3,(H,17,18). The van der Waals surface area contributed by atoms with E-state index in [9.17, 15) is 9.00 Å². The number of allylic oxidation sites excluding steroid dienone is 1. The van der Waals surface area contributed by atoms with Crippen LogP contribution in [0.5, 0.6) is 11.5 Å². The molecular formula is C16H23NO4S. The van der Waals surface area contributed by atoms with Crippen LogP contribution in [0.3, 0.4) is 0 Å². The number of ether oxygens (including phenoxy) is 2. The van der Waals surface area contributed by atoms with Crippen LogP contribution in [0, 0.1) is 0 Å². The van der Waals surface area contributed by atoms with Gasteiger partial charge in [-0.15, -0.1) is 6.58 Å². The lowest BCUT2D eigenvalue weighted by Gasteiger charge is -2.14. The molecule has 0 aliphatic rings. The van der Waals surface area contributed by atoms with Gasteiger partial charge in [0.05, 0.1) is 14.2 Å². The molecule has 6 heteroatoms. The van der Waals surface area contributed by atoms with E-state index in [4.69, 9.17) is 9.47 Å². The van der Waals surface area contributed by atoms with Gasteiger partial charge in [-0.1, -0.05) is 13.0 Å². The van der Waals surface area contributed by atoms with Crippen molar-refractivity contribution in [2.24, 2.45) is 0 Å². The molecule has 0 radical (unpaired) electrons. The van der Waals surface area contributed by atoms with E-state index in [-0.39, 0.29) is 5.91 Å². The second-order valence-electron chi connectivity index (χ2n) is 4.55. The van der Waals surface area contributed by atoms with Gasteiger partial charge in [0.2, 0.25) is 0 Å². The molecule has 0 aliphatic carbocycles. The average Bonchev–Trinajstić information content (AvgIpc) is 2.53. The number of carbonyl (C=O) groups excluding carboxylic acids is 1. The number of amides is 1. The smallest absolute Gasteiger partial charge is 0.251 e. The molecule has 0 fully saturated rings. The second-order valence-corrected chi connectivity index (χ2v) is 6.42. The van der Waals surface area contributed by atoms with Gasteiger partial charge in [0.25, 0.3) is 5.91 Å². The number of carbonyl (C=O) groups is 1. The fourth-order valence-electron chi connectivity index (χ4n) is 2.01. The largest absolute Gasteiger partial charge is 0.493 e. The summed E-state index contributed by atoms with van der Waals surface area (Å²) in [6, 6.07) is 3.40. The molecule has 1 atom stereocenters. The minimum atomic E-state index is -0.891. The van der Waals surface area contributed by atoms with Crippen LogP contribution >= 0.6 is 0 Å². The molecule has 1 unspecified atom stereocenters. The fourth-order valence-corrected chi connectivity index (χ4v) is 2.62. The number of nitrogens with one attached hydrogen (secondary N) is 1. The van der Waals surface area contributed by atoms with E-state index in [2.05, 4.69) is 11.9 Å². The molecule has 0 aromatic heterocycles. The maximum atomic E-state index is 12.2. The number of hydrogen-bond donors (Lipinski definition) is 1. The number of methoxy groups -OCH3 is 2. The van der Waals surface area contributed by atoms with E-state index in [0.29, 0.717) is 41.5 Å². The van der Waals surface area contributed by atoms with Gasteiger partial charge in [0, 0.05) is 40.0 Å². The zero-order valence-corrected chi connectivity index (χ0v) is 14.1. The van der Waals surface area contributed by atoms with Crippen LogP contribution in [0.15, 0.2) is 24.8 Å². The number of hydrogen-bond acceptors (Lipinski definition) is 4. The summed E-state index contributed by atoms with van der Waals surface area (Å²) in [5, 5.41) is 2.77. The Morgan fingerprint density at radius 2 is 2.09 bits per heavy atom. The topological polar surface area (TPSA) is 64.6 Å². The van der Waals surface area contributed by atoms with Crippen molar-refractivity contribution >= 4 is 16.7 Å².